The van der Waals surface area contributed by atoms with Crippen LogP contribution < -0.4 is 16.6 Å². The Balaban J connectivity index is 2.83. The maximum absolute atomic E-state index is 5.28. The molecule has 4 heteroatoms. The Kier molecular flexibility index (Phi) is 2.83. The maximum Gasteiger partial charge on any atom is 0.0560 e. The Morgan fingerprint density at radius 3 is 3.09 bits per heavy atom. The maximum atomic E-state index is 5.28. The number of hydrogen-bond donors (Lipinski definition) is 3. The van der Waals surface area contributed by atoms with Gasteiger partial charge in [-0.1, -0.05) is 0 Å². The van der Waals surface area contributed by atoms with Crippen LogP contribution in [0.4, 0.5) is 5.69 Å². The summed E-state index contributed by atoms with van der Waals surface area (Å²) in [5, 5.41) is 3.02. The summed E-state index contributed by atoms with van der Waals surface area (Å²) in [5.74, 6) is 5.28. The molecule has 0 saturated carbocycles. The van der Waals surface area contributed by atoms with Crippen molar-refractivity contribution in [2.24, 2.45) is 5.84 Å². The molecule has 0 aliphatic rings. The fourth-order valence-electron chi connectivity index (χ4n) is 0.899. The van der Waals surface area contributed by atoms with Gasteiger partial charge in [0.05, 0.1) is 5.69 Å². The molecular weight excluding hydrogens is 140 g/mol. The summed E-state index contributed by atoms with van der Waals surface area (Å²) >= 11 is 0. The van der Waals surface area contributed by atoms with Crippen LogP contribution in [-0.4, -0.2) is 12.0 Å². The molecule has 4 N–H and O–H groups in total. The summed E-state index contributed by atoms with van der Waals surface area (Å²) in [6.07, 6.45) is 3.49. The smallest absolute Gasteiger partial charge is 0.0560 e. The minimum absolute atomic E-state index is 0.771. The van der Waals surface area contributed by atoms with Gasteiger partial charge in [-0.3, -0.25) is 10.8 Å². The Morgan fingerprint density at radius 2 is 2.45 bits per heavy atom. The molecule has 0 aromatic carbocycles. The van der Waals surface area contributed by atoms with Crippen molar-refractivity contribution in [1.29, 1.82) is 0 Å². The molecule has 1 heterocycles. The molecule has 1 aromatic heterocycles. The molecule has 60 valence electrons. The van der Waals surface area contributed by atoms with Crippen molar-refractivity contribution < 1.29 is 0 Å². The highest BCUT2D eigenvalue weighted by Gasteiger charge is 1.96. The van der Waals surface area contributed by atoms with Crippen LogP contribution in [0.2, 0.25) is 0 Å². The van der Waals surface area contributed by atoms with Gasteiger partial charge in [0.1, 0.15) is 0 Å². The van der Waals surface area contributed by atoms with Crippen molar-refractivity contribution in [2.75, 3.05) is 12.5 Å². The van der Waals surface area contributed by atoms with Gasteiger partial charge in [0.25, 0.3) is 0 Å². The van der Waals surface area contributed by atoms with Crippen molar-refractivity contribution in [1.82, 2.24) is 10.3 Å². The van der Waals surface area contributed by atoms with Crippen molar-refractivity contribution in [3.05, 3.63) is 24.0 Å². The lowest BCUT2D eigenvalue weighted by molar-refractivity contribution is 0.814. The third-order valence-electron chi connectivity index (χ3n) is 1.43. The van der Waals surface area contributed by atoms with E-state index in [0.29, 0.717) is 0 Å². The zero-order valence-electron chi connectivity index (χ0n) is 6.46. The van der Waals surface area contributed by atoms with E-state index in [-0.39, 0.29) is 0 Å². The van der Waals surface area contributed by atoms with Gasteiger partial charge in [0.15, 0.2) is 0 Å². The number of rotatable bonds is 3. The number of aromatic nitrogens is 1. The number of nitrogen functional groups attached to an aromatic ring is 1. The SMILES string of the molecule is CNCc1cnccc1NN. The highest BCUT2D eigenvalue weighted by Crippen LogP contribution is 2.10. The van der Waals surface area contributed by atoms with Crippen LogP contribution in [0, 0.1) is 0 Å². The second kappa shape index (κ2) is 3.90. The molecule has 0 unspecified atom stereocenters. The summed E-state index contributed by atoms with van der Waals surface area (Å²) in [6.45, 7) is 0.771. The number of anilines is 1. The van der Waals surface area contributed by atoms with Gasteiger partial charge < -0.3 is 10.7 Å². The lowest BCUT2D eigenvalue weighted by Crippen LogP contribution is -2.13. The van der Waals surface area contributed by atoms with Crippen LogP contribution in [0.3, 0.4) is 0 Å². The highest BCUT2D eigenvalue weighted by atomic mass is 15.2. The Hall–Kier alpha value is -1.13. The molecule has 0 aliphatic heterocycles. The van der Waals surface area contributed by atoms with Gasteiger partial charge in [-0.2, -0.15) is 0 Å². The highest BCUT2D eigenvalue weighted by molar-refractivity contribution is 5.47. The van der Waals surface area contributed by atoms with Crippen LogP contribution in [0.1, 0.15) is 5.56 Å². The second-order valence-electron chi connectivity index (χ2n) is 2.21. The van der Waals surface area contributed by atoms with Gasteiger partial charge >= 0.3 is 0 Å². The van der Waals surface area contributed by atoms with Crippen molar-refractivity contribution in [3.8, 4) is 0 Å². The number of nitrogens with two attached hydrogens (primary N) is 1. The molecule has 4 nitrogen and oxygen atoms in total. The Bertz CT molecular complexity index is 223. The van der Waals surface area contributed by atoms with Crippen LogP contribution in [-0.2, 0) is 6.54 Å². The zero-order valence-corrected chi connectivity index (χ0v) is 6.46. The van der Waals surface area contributed by atoms with E-state index < -0.39 is 0 Å². The Morgan fingerprint density at radius 1 is 1.64 bits per heavy atom. The largest absolute Gasteiger partial charge is 0.324 e. The zero-order chi connectivity index (χ0) is 8.10. The number of pyridine rings is 1. The van der Waals surface area contributed by atoms with Crippen molar-refractivity contribution in [2.45, 2.75) is 6.54 Å². The molecule has 0 saturated heterocycles. The summed E-state index contributed by atoms with van der Waals surface area (Å²) in [6, 6.07) is 1.84. The van der Waals surface area contributed by atoms with E-state index in [9.17, 15) is 0 Å². The number of nitrogens with one attached hydrogen (secondary N) is 2. The van der Waals surface area contributed by atoms with Crippen molar-refractivity contribution >= 4 is 5.69 Å². The molecule has 0 atom stereocenters. The Labute approximate surface area is 65.8 Å². The average Bonchev–Trinajstić information content (AvgIpc) is 2.06. The standard InChI is InChI=1S/C7H12N4/c1-9-4-6-5-10-3-2-7(6)11-8/h2-3,5,9H,4,8H2,1H3,(H,10,11). The molecule has 0 spiro atoms. The van der Waals surface area contributed by atoms with E-state index in [1.54, 1.807) is 12.4 Å². The first-order valence-corrected chi connectivity index (χ1v) is 3.42. The second-order valence-corrected chi connectivity index (χ2v) is 2.21. The van der Waals surface area contributed by atoms with E-state index in [4.69, 9.17) is 5.84 Å². The van der Waals surface area contributed by atoms with E-state index in [1.807, 2.05) is 13.1 Å². The van der Waals surface area contributed by atoms with Crippen LogP contribution in [0.5, 0.6) is 0 Å². The predicted molar refractivity (Wildman–Crippen MR) is 44.8 cm³/mol. The molecule has 0 aliphatic carbocycles. The number of hydrogen-bond acceptors (Lipinski definition) is 4. The first-order chi connectivity index (χ1) is 5.38. The number of nitrogens with zero attached hydrogens (tertiary/aromatic N) is 1. The summed E-state index contributed by atoms with van der Waals surface area (Å²) in [7, 11) is 1.88. The van der Waals surface area contributed by atoms with Crippen LogP contribution >= 0.6 is 0 Å². The van der Waals surface area contributed by atoms with Gasteiger partial charge in [0.2, 0.25) is 0 Å². The first kappa shape index (κ1) is 7.97. The van der Waals surface area contributed by atoms with Crippen molar-refractivity contribution in [3.63, 3.8) is 0 Å². The average molecular weight is 152 g/mol. The quantitative estimate of drug-likeness (QED) is 0.424. The summed E-state index contributed by atoms with van der Waals surface area (Å²) in [5.41, 5.74) is 4.58. The van der Waals surface area contributed by atoms with Gasteiger partial charge in [-0.05, 0) is 13.1 Å². The van der Waals surface area contributed by atoms with Gasteiger partial charge in [0, 0.05) is 24.5 Å². The van der Waals surface area contributed by atoms with E-state index in [1.165, 1.54) is 0 Å². The molecule has 0 radical (unpaired) electrons. The molecule has 0 fully saturated rings. The van der Waals surface area contributed by atoms with E-state index in [2.05, 4.69) is 15.7 Å². The van der Waals surface area contributed by atoms with E-state index >= 15 is 0 Å². The molecule has 11 heavy (non-hydrogen) atoms. The molecule has 1 aromatic rings. The molecule has 0 bridgehead atoms. The van der Waals surface area contributed by atoms with E-state index in [0.717, 1.165) is 17.8 Å². The van der Waals surface area contributed by atoms with Crippen LogP contribution in [0.15, 0.2) is 18.5 Å². The summed E-state index contributed by atoms with van der Waals surface area (Å²) in [4.78, 5) is 3.98. The fourth-order valence-corrected chi connectivity index (χ4v) is 0.899. The lowest BCUT2D eigenvalue weighted by Gasteiger charge is -2.05. The monoisotopic (exact) mass is 152 g/mol. The topological polar surface area (TPSA) is 63.0 Å². The van der Waals surface area contributed by atoms with Crippen LogP contribution in [0.25, 0.3) is 0 Å². The van der Waals surface area contributed by atoms with Gasteiger partial charge in [-0.25, -0.2) is 0 Å². The molecule has 0 amide bonds. The third-order valence-corrected chi connectivity index (χ3v) is 1.43. The first-order valence-electron chi connectivity index (χ1n) is 3.42. The normalized spacial score (nSPS) is 9.64. The predicted octanol–water partition coefficient (Wildman–Crippen LogP) is 0.0866. The summed E-state index contributed by atoms with van der Waals surface area (Å²) < 4.78 is 0. The lowest BCUT2D eigenvalue weighted by atomic mass is 10.2. The minimum atomic E-state index is 0.771. The molecular formula is C7H12N4. The minimum Gasteiger partial charge on any atom is -0.324 e. The number of hydrazine groups is 1. The third kappa shape index (κ3) is 1.89. The van der Waals surface area contributed by atoms with Gasteiger partial charge in [-0.15, -0.1) is 0 Å². The fraction of sp³-hybridized carbons (Fsp3) is 0.286. The molecule has 1 rings (SSSR count).